The number of benzene rings is 2. The summed E-state index contributed by atoms with van der Waals surface area (Å²) in [5, 5.41) is 10.4. The van der Waals surface area contributed by atoms with Crippen LogP contribution in [0.3, 0.4) is 0 Å². The molecule has 0 aliphatic heterocycles. The summed E-state index contributed by atoms with van der Waals surface area (Å²) in [6.45, 7) is 0. The lowest BCUT2D eigenvalue weighted by molar-refractivity contribution is 0.474. The third kappa shape index (κ3) is 2.09. The molecule has 0 spiro atoms. The van der Waals surface area contributed by atoms with E-state index in [-0.39, 0.29) is 11.2 Å². The topological polar surface area (TPSA) is 50.4 Å². The molecule has 1 N–H and O–H groups in total. The van der Waals surface area contributed by atoms with Crippen LogP contribution in [-0.2, 0) is 0 Å². The predicted octanol–water partition coefficient (Wildman–Crippen LogP) is 3.82. The van der Waals surface area contributed by atoms with Gasteiger partial charge in [-0.05, 0) is 24.3 Å². The van der Waals surface area contributed by atoms with Crippen LogP contribution >= 0.6 is 11.6 Å². The Hall–Kier alpha value is -2.26. The molecule has 0 fully saturated rings. The summed E-state index contributed by atoms with van der Waals surface area (Å²) < 4.78 is 5.65. The summed E-state index contributed by atoms with van der Waals surface area (Å²) in [7, 11) is 0. The molecule has 4 heteroatoms. The van der Waals surface area contributed by atoms with Gasteiger partial charge in [0.25, 0.3) is 0 Å². The number of fused-ring (bicyclic) bond motifs is 1. The van der Waals surface area contributed by atoms with E-state index in [1.807, 2.05) is 6.07 Å². The molecule has 0 bridgehead atoms. The molecule has 0 aliphatic rings. The summed E-state index contributed by atoms with van der Waals surface area (Å²) >= 11 is 6.08. The van der Waals surface area contributed by atoms with Crippen molar-refractivity contribution in [2.75, 3.05) is 0 Å². The van der Waals surface area contributed by atoms with E-state index in [1.54, 1.807) is 18.2 Å². The van der Waals surface area contributed by atoms with E-state index in [9.17, 15) is 9.90 Å². The molecule has 3 nitrogen and oxygen atoms in total. The molecule has 0 aliphatic carbocycles. The number of rotatable bonds is 1. The minimum absolute atomic E-state index is 0.0481. The zero-order valence-electron chi connectivity index (χ0n) is 9.76. The lowest BCUT2D eigenvalue weighted by atomic mass is 10.1. The van der Waals surface area contributed by atoms with Gasteiger partial charge in [-0.3, -0.25) is 4.79 Å². The van der Waals surface area contributed by atoms with Gasteiger partial charge in [-0.1, -0.05) is 23.7 Å². The summed E-state index contributed by atoms with van der Waals surface area (Å²) in [4.78, 5) is 12.0. The Balaban J connectivity index is 2.32. The van der Waals surface area contributed by atoms with Crippen LogP contribution in [0.5, 0.6) is 5.75 Å². The van der Waals surface area contributed by atoms with Crippen molar-refractivity contribution >= 4 is 22.6 Å². The van der Waals surface area contributed by atoms with E-state index in [1.165, 1.54) is 24.3 Å². The first kappa shape index (κ1) is 11.8. The Bertz CT molecular complexity index is 821. The number of hydrogen-bond donors (Lipinski definition) is 1. The van der Waals surface area contributed by atoms with E-state index in [4.69, 9.17) is 16.0 Å². The lowest BCUT2D eigenvalue weighted by Crippen LogP contribution is -2.00. The lowest BCUT2D eigenvalue weighted by Gasteiger charge is -2.05. The molecule has 0 unspecified atom stereocenters. The Morgan fingerprint density at radius 2 is 1.84 bits per heavy atom. The summed E-state index contributed by atoms with van der Waals surface area (Å²) in [5.41, 5.74) is 0.810. The van der Waals surface area contributed by atoms with Gasteiger partial charge in [-0.2, -0.15) is 0 Å². The molecule has 0 saturated carbocycles. The molecule has 0 atom stereocenters. The maximum Gasteiger partial charge on any atom is 0.193 e. The van der Waals surface area contributed by atoms with Gasteiger partial charge in [0, 0.05) is 17.7 Å². The van der Waals surface area contributed by atoms with Gasteiger partial charge in [0.2, 0.25) is 0 Å². The molecule has 3 aromatic rings. The second kappa shape index (κ2) is 4.44. The maximum absolute atomic E-state index is 12.0. The zero-order chi connectivity index (χ0) is 13.4. The number of phenolic OH excluding ortho intramolecular Hbond substituents is 1. The van der Waals surface area contributed by atoms with Crippen LogP contribution in [0.25, 0.3) is 22.3 Å². The SMILES string of the molecule is O=c1cc(-c2ccccc2Cl)oc2cc(O)ccc12. The van der Waals surface area contributed by atoms with Gasteiger partial charge in [0.05, 0.1) is 10.4 Å². The Morgan fingerprint density at radius 3 is 2.63 bits per heavy atom. The monoisotopic (exact) mass is 272 g/mol. The highest BCUT2D eigenvalue weighted by Crippen LogP contribution is 2.29. The second-order valence-corrected chi connectivity index (χ2v) is 4.54. The predicted molar refractivity (Wildman–Crippen MR) is 74.6 cm³/mol. The van der Waals surface area contributed by atoms with Gasteiger partial charge >= 0.3 is 0 Å². The fourth-order valence-corrected chi connectivity index (χ4v) is 2.17. The molecule has 3 rings (SSSR count). The first-order chi connectivity index (χ1) is 9.15. The van der Waals surface area contributed by atoms with Crippen LogP contribution in [0.1, 0.15) is 0 Å². The van der Waals surface area contributed by atoms with Crippen LogP contribution in [-0.4, -0.2) is 5.11 Å². The van der Waals surface area contributed by atoms with Crippen LogP contribution in [0.2, 0.25) is 5.02 Å². The second-order valence-electron chi connectivity index (χ2n) is 4.14. The van der Waals surface area contributed by atoms with E-state index in [0.29, 0.717) is 27.3 Å². The van der Waals surface area contributed by atoms with Gasteiger partial charge in [-0.25, -0.2) is 0 Å². The quantitative estimate of drug-likeness (QED) is 0.733. The number of halogens is 1. The standard InChI is InChI=1S/C15H9ClO3/c16-12-4-2-1-3-10(12)15-8-13(18)11-6-5-9(17)7-14(11)19-15/h1-8,17H. The fraction of sp³-hybridized carbons (Fsp3) is 0. The van der Waals surface area contributed by atoms with Crippen molar-refractivity contribution in [2.24, 2.45) is 0 Å². The van der Waals surface area contributed by atoms with Crippen molar-refractivity contribution < 1.29 is 9.52 Å². The van der Waals surface area contributed by atoms with E-state index in [2.05, 4.69) is 0 Å². The molecular weight excluding hydrogens is 264 g/mol. The van der Waals surface area contributed by atoms with Crippen LogP contribution in [0.4, 0.5) is 0 Å². The zero-order valence-corrected chi connectivity index (χ0v) is 10.5. The van der Waals surface area contributed by atoms with Crippen molar-refractivity contribution in [3.63, 3.8) is 0 Å². The molecule has 1 aromatic heterocycles. The smallest absolute Gasteiger partial charge is 0.193 e. The number of hydrogen-bond acceptors (Lipinski definition) is 3. The van der Waals surface area contributed by atoms with Crippen LogP contribution < -0.4 is 5.43 Å². The Labute approximate surface area is 113 Å². The van der Waals surface area contributed by atoms with Crippen LogP contribution in [0, 0.1) is 0 Å². The van der Waals surface area contributed by atoms with Crippen molar-refractivity contribution in [2.45, 2.75) is 0 Å². The maximum atomic E-state index is 12.0. The van der Waals surface area contributed by atoms with Gasteiger partial charge < -0.3 is 9.52 Å². The highest BCUT2D eigenvalue weighted by atomic mass is 35.5. The molecular formula is C15H9ClO3. The number of phenols is 1. The highest BCUT2D eigenvalue weighted by molar-refractivity contribution is 6.33. The first-order valence-corrected chi connectivity index (χ1v) is 6.05. The van der Waals surface area contributed by atoms with E-state index >= 15 is 0 Å². The third-order valence-electron chi connectivity index (χ3n) is 2.85. The minimum Gasteiger partial charge on any atom is -0.508 e. The van der Waals surface area contributed by atoms with Crippen molar-refractivity contribution in [3.05, 3.63) is 63.8 Å². The molecule has 94 valence electrons. The molecule has 19 heavy (non-hydrogen) atoms. The van der Waals surface area contributed by atoms with Gasteiger partial charge in [0.1, 0.15) is 17.1 Å². The van der Waals surface area contributed by atoms with E-state index in [0.717, 1.165) is 0 Å². The van der Waals surface area contributed by atoms with Gasteiger partial charge in [0.15, 0.2) is 5.43 Å². The molecule has 2 aromatic carbocycles. The van der Waals surface area contributed by atoms with Crippen molar-refractivity contribution in [1.29, 1.82) is 0 Å². The van der Waals surface area contributed by atoms with Gasteiger partial charge in [-0.15, -0.1) is 0 Å². The normalized spacial score (nSPS) is 10.8. The molecule has 0 saturated heterocycles. The Kier molecular flexibility index (Phi) is 2.76. The largest absolute Gasteiger partial charge is 0.508 e. The average Bonchev–Trinajstić information content (AvgIpc) is 2.38. The van der Waals surface area contributed by atoms with Crippen molar-refractivity contribution in [3.8, 4) is 17.1 Å². The summed E-state index contributed by atoms with van der Waals surface area (Å²) in [5.74, 6) is 0.431. The Morgan fingerprint density at radius 1 is 1.05 bits per heavy atom. The molecule has 0 amide bonds. The average molecular weight is 273 g/mol. The number of aromatic hydroxyl groups is 1. The minimum atomic E-state index is -0.170. The molecule has 0 radical (unpaired) electrons. The fourth-order valence-electron chi connectivity index (χ4n) is 1.94. The van der Waals surface area contributed by atoms with Crippen molar-refractivity contribution in [1.82, 2.24) is 0 Å². The molecule has 1 heterocycles. The van der Waals surface area contributed by atoms with Crippen LogP contribution in [0.15, 0.2) is 57.7 Å². The summed E-state index contributed by atoms with van der Waals surface area (Å²) in [6.07, 6.45) is 0. The van der Waals surface area contributed by atoms with E-state index < -0.39 is 0 Å². The summed E-state index contributed by atoms with van der Waals surface area (Å²) in [6, 6.07) is 12.9. The first-order valence-electron chi connectivity index (χ1n) is 5.67. The highest BCUT2D eigenvalue weighted by Gasteiger charge is 2.09. The third-order valence-corrected chi connectivity index (χ3v) is 3.18.